The van der Waals surface area contributed by atoms with Gasteiger partial charge in [0.1, 0.15) is 5.82 Å². The maximum Gasteiger partial charge on any atom is 0.331 e. The standard InChI is InChI=1S/C12H13FN2O3/c1-7(16)6-15-11(17)8-4-3-5-9(13)10(8)14(2)12(15)18/h3-5,7,16H,6H2,1-2H3. The zero-order valence-corrected chi connectivity index (χ0v) is 10.1. The molecule has 0 fully saturated rings. The van der Waals surface area contributed by atoms with Gasteiger partial charge in [0.05, 0.1) is 23.6 Å². The summed E-state index contributed by atoms with van der Waals surface area (Å²) in [4.78, 5) is 24.0. The monoisotopic (exact) mass is 252 g/mol. The van der Waals surface area contributed by atoms with E-state index in [1.54, 1.807) is 0 Å². The molecule has 96 valence electrons. The van der Waals surface area contributed by atoms with Crippen LogP contribution in [-0.4, -0.2) is 20.3 Å². The Kier molecular flexibility index (Phi) is 3.04. The van der Waals surface area contributed by atoms with Gasteiger partial charge in [0.15, 0.2) is 0 Å². The molecule has 0 radical (unpaired) electrons. The Bertz CT molecular complexity index is 716. The number of rotatable bonds is 2. The van der Waals surface area contributed by atoms with Crippen molar-refractivity contribution in [3.63, 3.8) is 0 Å². The molecule has 1 atom stereocenters. The van der Waals surface area contributed by atoms with Crippen LogP contribution in [0.3, 0.4) is 0 Å². The number of nitrogens with zero attached hydrogens (tertiary/aromatic N) is 2. The Morgan fingerprint density at radius 2 is 2.06 bits per heavy atom. The fraction of sp³-hybridized carbons (Fsp3) is 0.333. The van der Waals surface area contributed by atoms with Crippen molar-refractivity contribution >= 4 is 10.9 Å². The molecule has 0 amide bonds. The fourth-order valence-electron chi connectivity index (χ4n) is 1.96. The lowest BCUT2D eigenvalue weighted by molar-refractivity contribution is 0.170. The van der Waals surface area contributed by atoms with Gasteiger partial charge in [-0.25, -0.2) is 9.18 Å². The number of aliphatic hydroxyl groups excluding tert-OH is 1. The molecule has 1 heterocycles. The van der Waals surface area contributed by atoms with E-state index in [1.807, 2.05) is 0 Å². The first-order valence-corrected chi connectivity index (χ1v) is 5.49. The second-order valence-electron chi connectivity index (χ2n) is 4.24. The number of halogens is 1. The maximum atomic E-state index is 13.6. The lowest BCUT2D eigenvalue weighted by Gasteiger charge is -2.12. The molecule has 2 aromatic rings. The van der Waals surface area contributed by atoms with Crippen molar-refractivity contribution in [1.82, 2.24) is 9.13 Å². The molecule has 1 aromatic carbocycles. The summed E-state index contributed by atoms with van der Waals surface area (Å²) in [5.74, 6) is -0.617. The second kappa shape index (κ2) is 4.38. The van der Waals surface area contributed by atoms with Crippen LogP contribution in [0.5, 0.6) is 0 Å². The number of aryl methyl sites for hydroxylation is 1. The van der Waals surface area contributed by atoms with Gasteiger partial charge in [-0.3, -0.25) is 13.9 Å². The van der Waals surface area contributed by atoms with Crippen molar-refractivity contribution in [2.45, 2.75) is 19.6 Å². The minimum Gasteiger partial charge on any atom is -0.392 e. The summed E-state index contributed by atoms with van der Waals surface area (Å²) < 4.78 is 15.6. The minimum absolute atomic E-state index is 0.0191. The van der Waals surface area contributed by atoms with Gasteiger partial charge in [-0.05, 0) is 19.1 Å². The molecule has 1 unspecified atom stereocenters. The molecule has 0 saturated heterocycles. The van der Waals surface area contributed by atoms with Crippen LogP contribution in [0.4, 0.5) is 4.39 Å². The van der Waals surface area contributed by atoms with Gasteiger partial charge >= 0.3 is 5.69 Å². The molecule has 0 aliphatic carbocycles. The lowest BCUT2D eigenvalue weighted by atomic mass is 10.2. The molecule has 0 aliphatic heterocycles. The van der Waals surface area contributed by atoms with Crippen molar-refractivity contribution in [2.24, 2.45) is 7.05 Å². The summed E-state index contributed by atoms with van der Waals surface area (Å²) in [5, 5.41) is 9.41. The Morgan fingerprint density at radius 1 is 1.39 bits per heavy atom. The number of aliphatic hydroxyl groups is 1. The van der Waals surface area contributed by atoms with E-state index in [4.69, 9.17) is 0 Å². The average molecular weight is 252 g/mol. The third-order valence-corrected chi connectivity index (χ3v) is 2.76. The summed E-state index contributed by atoms with van der Waals surface area (Å²) in [7, 11) is 1.39. The van der Waals surface area contributed by atoms with Gasteiger partial charge in [-0.15, -0.1) is 0 Å². The van der Waals surface area contributed by atoms with Crippen LogP contribution in [0.2, 0.25) is 0 Å². The molecule has 1 aromatic heterocycles. The highest BCUT2D eigenvalue weighted by molar-refractivity contribution is 5.78. The molecule has 0 saturated carbocycles. The van der Waals surface area contributed by atoms with E-state index in [-0.39, 0.29) is 17.4 Å². The molecule has 0 bridgehead atoms. The van der Waals surface area contributed by atoms with Gasteiger partial charge in [0, 0.05) is 7.05 Å². The van der Waals surface area contributed by atoms with E-state index in [0.717, 1.165) is 9.13 Å². The number of fused-ring (bicyclic) bond motifs is 1. The molecule has 18 heavy (non-hydrogen) atoms. The van der Waals surface area contributed by atoms with Crippen LogP contribution in [-0.2, 0) is 13.6 Å². The number of aromatic nitrogens is 2. The highest BCUT2D eigenvalue weighted by Crippen LogP contribution is 2.11. The fourth-order valence-corrected chi connectivity index (χ4v) is 1.96. The number of hydrogen-bond donors (Lipinski definition) is 1. The Labute approximate surface area is 102 Å². The van der Waals surface area contributed by atoms with E-state index >= 15 is 0 Å². The highest BCUT2D eigenvalue weighted by Gasteiger charge is 2.14. The smallest absolute Gasteiger partial charge is 0.331 e. The van der Waals surface area contributed by atoms with Crippen molar-refractivity contribution in [3.05, 3.63) is 44.9 Å². The predicted octanol–water partition coefficient (Wildman–Crippen LogP) is 0.220. The zero-order chi connectivity index (χ0) is 13.4. The average Bonchev–Trinajstić information content (AvgIpc) is 2.31. The van der Waals surface area contributed by atoms with Gasteiger partial charge < -0.3 is 5.11 Å². The van der Waals surface area contributed by atoms with Crippen LogP contribution in [0.25, 0.3) is 10.9 Å². The predicted molar refractivity (Wildman–Crippen MR) is 65.1 cm³/mol. The Morgan fingerprint density at radius 3 is 2.67 bits per heavy atom. The number of benzene rings is 1. The van der Waals surface area contributed by atoms with Crippen LogP contribution in [0, 0.1) is 5.82 Å². The molecule has 0 aliphatic rings. The van der Waals surface area contributed by atoms with Crippen molar-refractivity contribution in [1.29, 1.82) is 0 Å². The molecular weight excluding hydrogens is 239 g/mol. The van der Waals surface area contributed by atoms with Gasteiger partial charge in [-0.2, -0.15) is 0 Å². The maximum absolute atomic E-state index is 13.6. The van der Waals surface area contributed by atoms with E-state index < -0.39 is 23.2 Å². The van der Waals surface area contributed by atoms with Gasteiger partial charge in [-0.1, -0.05) is 6.07 Å². The number of hydrogen-bond acceptors (Lipinski definition) is 3. The SMILES string of the molecule is CC(O)Cn1c(=O)c2cccc(F)c2n(C)c1=O. The van der Waals surface area contributed by atoms with E-state index in [0.29, 0.717) is 0 Å². The quantitative estimate of drug-likeness (QED) is 0.831. The number of para-hydroxylation sites is 1. The van der Waals surface area contributed by atoms with Gasteiger partial charge in [0.2, 0.25) is 0 Å². The molecule has 2 rings (SSSR count). The first-order valence-electron chi connectivity index (χ1n) is 5.49. The van der Waals surface area contributed by atoms with E-state index in [9.17, 15) is 19.1 Å². The van der Waals surface area contributed by atoms with Crippen molar-refractivity contribution < 1.29 is 9.50 Å². The van der Waals surface area contributed by atoms with Gasteiger partial charge in [0.25, 0.3) is 5.56 Å². The molecule has 6 heteroatoms. The normalized spacial score (nSPS) is 12.9. The van der Waals surface area contributed by atoms with E-state index in [1.165, 1.54) is 32.2 Å². The van der Waals surface area contributed by atoms with Crippen LogP contribution >= 0.6 is 0 Å². The van der Waals surface area contributed by atoms with E-state index in [2.05, 4.69) is 0 Å². The molecule has 0 spiro atoms. The molecule has 1 N–H and O–H groups in total. The van der Waals surface area contributed by atoms with Crippen molar-refractivity contribution in [3.8, 4) is 0 Å². The summed E-state index contributed by atoms with van der Waals surface area (Å²) in [6.07, 6.45) is -0.832. The first-order chi connectivity index (χ1) is 8.43. The molecular formula is C12H13FN2O3. The summed E-state index contributed by atoms with van der Waals surface area (Å²) >= 11 is 0. The van der Waals surface area contributed by atoms with Crippen LogP contribution in [0.15, 0.2) is 27.8 Å². The Balaban J connectivity index is 2.93. The van der Waals surface area contributed by atoms with Crippen LogP contribution in [0.1, 0.15) is 6.92 Å². The van der Waals surface area contributed by atoms with Crippen molar-refractivity contribution in [2.75, 3.05) is 0 Å². The highest BCUT2D eigenvalue weighted by atomic mass is 19.1. The largest absolute Gasteiger partial charge is 0.392 e. The second-order valence-corrected chi connectivity index (χ2v) is 4.24. The topological polar surface area (TPSA) is 64.2 Å². The van der Waals surface area contributed by atoms with Crippen LogP contribution < -0.4 is 11.2 Å². The lowest BCUT2D eigenvalue weighted by Crippen LogP contribution is -2.41. The third kappa shape index (κ3) is 1.84. The summed E-state index contributed by atoms with van der Waals surface area (Å²) in [6.45, 7) is 1.36. The summed E-state index contributed by atoms with van der Waals surface area (Å²) in [6, 6.07) is 4.06. The zero-order valence-electron chi connectivity index (χ0n) is 10.1. The summed E-state index contributed by atoms with van der Waals surface area (Å²) in [5.41, 5.74) is -1.25. The third-order valence-electron chi connectivity index (χ3n) is 2.76. The molecule has 5 nitrogen and oxygen atoms in total. The Hall–Kier alpha value is -1.95. The minimum atomic E-state index is -0.832. The first kappa shape index (κ1) is 12.5.